The lowest BCUT2D eigenvalue weighted by Gasteiger charge is -2.06. The molecule has 0 spiro atoms. The molecule has 0 aliphatic carbocycles. The second-order valence-corrected chi connectivity index (χ2v) is 4.34. The van der Waals surface area contributed by atoms with Gasteiger partial charge in [0.05, 0.1) is 6.61 Å². The molecule has 0 fully saturated rings. The molecular formula is C11H11FN2OS. The van der Waals surface area contributed by atoms with E-state index in [4.69, 9.17) is 5.11 Å². The van der Waals surface area contributed by atoms with Crippen molar-refractivity contribution in [3.8, 4) is 0 Å². The van der Waals surface area contributed by atoms with Gasteiger partial charge in [-0.15, -0.1) is 0 Å². The van der Waals surface area contributed by atoms with Crippen molar-refractivity contribution in [3.05, 3.63) is 42.0 Å². The van der Waals surface area contributed by atoms with Gasteiger partial charge in [0.2, 0.25) is 0 Å². The number of hydrogen-bond donors (Lipinski definition) is 1. The predicted molar refractivity (Wildman–Crippen MR) is 59.7 cm³/mol. The summed E-state index contributed by atoms with van der Waals surface area (Å²) in [6.07, 6.45) is 3.54. The molecule has 0 atom stereocenters. The van der Waals surface area contributed by atoms with Crippen LogP contribution in [0.3, 0.4) is 0 Å². The first-order valence-corrected chi connectivity index (χ1v) is 5.57. The summed E-state index contributed by atoms with van der Waals surface area (Å²) in [5.41, 5.74) is 0.577. The number of aliphatic hydroxyl groups is 1. The van der Waals surface area contributed by atoms with Gasteiger partial charge >= 0.3 is 0 Å². The molecule has 0 radical (unpaired) electrons. The van der Waals surface area contributed by atoms with Crippen molar-refractivity contribution in [2.45, 2.75) is 16.7 Å². The van der Waals surface area contributed by atoms with Crippen molar-refractivity contribution in [2.24, 2.45) is 7.05 Å². The van der Waals surface area contributed by atoms with Gasteiger partial charge in [0, 0.05) is 24.3 Å². The van der Waals surface area contributed by atoms with E-state index in [1.54, 1.807) is 12.3 Å². The number of benzene rings is 1. The lowest BCUT2D eigenvalue weighted by Crippen LogP contribution is -1.93. The minimum absolute atomic E-state index is 0.176. The molecule has 1 aromatic heterocycles. The van der Waals surface area contributed by atoms with Crippen LogP contribution in [-0.2, 0) is 13.7 Å². The first-order chi connectivity index (χ1) is 7.70. The summed E-state index contributed by atoms with van der Waals surface area (Å²) in [7, 11) is 1.89. The lowest BCUT2D eigenvalue weighted by atomic mass is 10.2. The third kappa shape index (κ3) is 2.25. The Hall–Kier alpha value is -1.33. The minimum atomic E-state index is -0.340. The maximum absolute atomic E-state index is 13.0. The van der Waals surface area contributed by atoms with E-state index in [-0.39, 0.29) is 12.4 Å². The molecule has 0 aliphatic rings. The number of imidazole rings is 1. The zero-order valence-electron chi connectivity index (χ0n) is 8.72. The van der Waals surface area contributed by atoms with Crippen LogP contribution in [-0.4, -0.2) is 14.7 Å². The van der Waals surface area contributed by atoms with Crippen molar-refractivity contribution < 1.29 is 9.50 Å². The third-order valence-electron chi connectivity index (χ3n) is 2.17. The Morgan fingerprint density at radius 3 is 2.94 bits per heavy atom. The van der Waals surface area contributed by atoms with Gasteiger partial charge < -0.3 is 9.67 Å². The summed E-state index contributed by atoms with van der Waals surface area (Å²) in [5.74, 6) is -0.340. The highest BCUT2D eigenvalue weighted by molar-refractivity contribution is 7.99. The topological polar surface area (TPSA) is 38.0 Å². The molecule has 0 amide bonds. The number of aryl methyl sites for hydroxylation is 1. The third-order valence-corrected chi connectivity index (χ3v) is 3.37. The van der Waals surface area contributed by atoms with E-state index in [1.807, 2.05) is 17.8 Å². The molecule has 1 heterocycles. The first kappa shape index (κ1) is 11.2. The number of aromatic nitrogens is 2. The van der Waals surface area contributed by atoms with Gasteiger partial charge in [-0.1, -0.05) is 11.8 Å². The Labute approximate surface area is 96.9 Å². The quantitative estimate of drug-likeness (QED) is 0.890. The normalized spacial score (nSPS) is 10.7. The van der Waals surface area contributed by atoms with E-state index in [1.165, 1.54) is 23.9 Å². The largest absolute Gasteiger partial charge is 0.392 e. The van der Waals surface area contributed by atoms with Crippen LogP contribution in [0.25, 0.3) is 0 Å². The van der Waals surface area contributed by atoms with E-state index in [0.29, 0.717) is 5.56 Å². The van der Waals surface area contributed by atoms with Crippen LogP contribution >= 0.6 is 11.8 Å². The molecule has 84 valence electrons. The van der Waals surface area contributed by atoms with E-state index < -0.39 is 0 Å². The second kappa shape index (κ2) is 4.67. The van der Waals surface area contributed by atoms with Gasteiger partial charge in [-0.25, -0.2) is 9.37 Å². The van der Waals surface area contributed by atoms with E-state index in [9.17, 15) is 4.39 Å². The summed E-state index contributed by atoms with van der Waals surface area (Å²) in [4.78, 5) is 4.98. The van der Waals surface area contributed by atoms with E-state index >= 15 is 0 Å². The smallest absolute Gasteiger partial charge is 0.172 e. The molecule has 0 bridgehead atoms. The highest BCUT2D eigenvalue weighted by atomic mass is 32.2. The Bertz CT molecular complexity index is 498. The minimum Gasteiger partial charge on any atom is -0.392 e. The zero-order chi connectivity index (χ0) is 11.5. The maximum atomic E-state index is 13.0. The van der Waals surface area contributed by atoms with Crippen LogP contribution in [0.15, 0.2) is 40.6 Å². The van der Waals surface area contributed by atoms with Crippen LogP contribution in [0.2, 0.25) is 0 Å². The number of rotatable bonds is 3. The maximum Gasteiger partial charge on any atom is 0.172 e. The number of hydrogen-bond acceptors (Lipinski definition) is 3. The molecule has 0 aliphatic heterocycles. The molecular weight excluding hydrogens is 227 g/mol. The van der Waals surface area contributed by atoms with Crippen molar-refractivity contribution in [2.75, 3.05) is 0 Å². The van der Waals surface area contributed by atoms with Gasteiger partial charge in [0.25, 0.3) is 0 Å². The summed E-state index contributed by atoms with van der Waals surface area (Å²) in [5, 5.41) is 9.94. The average molecular weight is 238 g/mol. The highest BCUT2D eigenvalue weighted by Crippen LogP contribution is 2.29. The molecule has 2 aromatic rings. The SMILES string of the molecule is Cn1ccnc1Sc1ccc(F)cc1CO. The molecule has 0 saturated heterocycles. The molecule has 1 N–H and O–H groups in total. The summed E-state index contributed by atoms with van der Waals surface area (Å²) < 4.78 is 14.8. The molecule has 0 saturated carbocycles. The van der Waals surface area contributed by atoms with Gasteiger partial charge in [0.1, 0.15) is 5.82 Å². The molecule has 3 nitrogen and oxygen atoms in total. The van der Waals surface area contributed by atoms with Crippen molar-refractivity contribution in [1.82, 2.24) is 9.55 Å². The van der Waals surface area contributed by atoms with Crippen LogP contribution in [0.1, 0.15) is 5.56 Å². The Kier molecular flexibility index (Phi) is 3.26. The molecule has 5 heteroatoms. The first-order valence-electron chi connectivity index (χ1n) is 4.75. The monoisotopic (exact) mass is 238 g/mol. The van der Waals surface area contributed by atoms with Crippen LogP contribution in [0, 0.1) is 5.82 Å². The molecule has 2 rings (SSSR count). The van der Waals surface area contributed by atoms with Gasteiger partial charge in [-0.3, -0.25) is 0 Å². The molecule has 1 aromatic carbocycles. The zero-order valence-corrected chi connectivity index (χ0v) is 9.54. The van der Waals surface area contributed by atoms with E-state index in [0.717, 1.165) is 10.1 Å². The van der Waals surface area contributed by atoms with Crippen LogP contribution in [0.5, 0.6) is 0 Å². The van der Waals surface area contributed by atoms with Gasteiger partial charge in [-0.05, 0) is 23.8 Å². The fourth-order valence-electron chi connectivity index (χ4n) is 1.32. The summed E-state index contributed by atoms with van der Waals surface area (Å²) in [6, 6.07) is 4.37. The lowest BCUT2D eigenvalue weighted by molar-refractivity contribution is 0.278. The fourth-order valence-corrected chi connectivity index (χ4v) is 2.23. The summed E-state index contributed by atoms with van der Waals surface area (Å²) in [6.45, 7) is -0.176. The van der Waals surface area contributed by atoms with Crippen molar-refractivity contribution >= 4 is 11.8 Å². The van der Waals surface area contributed by atoms with Crippen LogP contribution in [0.4, 0.5) is 4.39 Å². The molecule has 16 heavy (non-hydrogen) atoms. The average Bonchev–Trinajstić information content (AvgIpc) is 2.67. The standard InChI is InChI=1S/C11H11FN2OS/c1-14-5-4-13-11(14)16-10-3-2-9(12)6-8(10)7-15/h2-6,15H,7H2,1H3. The Morgan fingerprint density at radius 1 is 1.50 bits per heavy atom. The summed E-state index contributed by atoms with van der Waals surface area (Å²) >= 11 is 1.41. The fraction of sp³-hybridized carbons (Fsp3) is 0.182. The predicted octanol–water partition coefficient (Wildman–Crippen LogP) is 2.20. The van der Waals surface area contributed by atoms with Crippen LogP contribution < -0.4 is 0 Å². The van der Waals surface area contributed by atoms with Gasteiger partial charge in [0.15, 0.2) is 5.16 Å². The van der Waals surface area contributed by atoms with Crippen molar-refractivity contribution in [1.29, 1.82) is 0 Å². The Balaban J connectivity index is 2.31. The number of aliphatic hydroxyl groups excluding tert-OH is 1. The van der Waals surface area contributed by atoms with Gasteiger partial charge in [-0.2, -0.15) is 0 Å². The molecule has 0 unspecified atom stereocenters. The second-order valence-electron chi connectivity index (χ2n) is 3.33. The number of halogens is 1. The van der Waals surface area contributed by atoms with Crippen molar-refractivity contribution in [3.63, 3.8) is 0 Å². The highest BCUT2D eigenvalue weighted by Gasteiger charge is 2.08. The number of nitrogens with zero attached hydrogens (tertiary/aromatic N) is 2. The Morgan fingerprint density at radius 2 is 2.31 bits per heavy atom. The van der Waals surface area contributed by atoms with E-state index in [2.05, 4.69) is 4.98 Å².